The molecular weight excluding hydrogens is 278 g/mol. The van der Waals surface area contributed by atoms with E-state index in [1.54, 1.807) is 0 Å². The maximum Gasteiger partial charge on any atom is 0.341 e. The van der Waals surface area contributed by atoms with Crippen LogP contribution in [-0.2, 0) is 12.8 Å². The lowest BCUT2D eigenvalue weighted by Gasteiger charge is -2.09. The van der Waals surface area contributed by atoms with Crippen molar-refractivity contribution in [2.75, 3.05) is 0 Å². The van der Waals surface area contributed by atoms with Crippen molar-refractivity contribution in [2.45, 2.75) is 19.3 Å². The van der Waals surface area contributed by atoms with E-state index < -0.39 is 11.5 Å². The Morgan fingerprint density at radius 3 is 2.60 bits per heavy atom. The monoisotopic (exact) mass is 291 g/mol. The van der Waals surface area contributed by atoms with Crippen LogP contribution in [0.1, 0.15) is 27.9 Å². The number of aromatic nitrogens is 1. The van der Waals surface area contributed by atoms with Crippen molar-refractivity contribution in [3.05, 3.63) is 57.4 Å². The highest BCUT2D eigenvalue weighted by molar-refractivity contribution is 5.88. The molecular formula is C15H14ClNO3. The summed E-state index contributed by atoms with van der Waals surface area (Å²) in [6.07, 6.45) is 2.67. The van der Waals surface area contributed by atoms with Crippen LogP contribution in [0.25, 0.3) is 11.3 Å². The van der Waals surface area contributed by atoms with E-state index in [9.17, 15) is 9.59 Å². The molecule has 0 saturated carbocycles. The summed E-state index contributed by atoms with van der Waals surface area (Å²) in [5.41, 5.74) is 3.15. The molecule has 0 amide bonds. The van der Waals surface area contributed by atoms with Gasteiger partial charge in [0.15, 0.2) is 0 Å². The number of fused-ring (bicyclic) bond motifs is 3. The van der Waals surface area contributed by atoms with Crippen molar-refractivity contribution in [1.29, 1.82) is 0 Å². The minimum atomic E-state index is -1.18. The molecule has 1 aliphatic carbocycles. The maximum atomic E-state index is 11.8. The number of carboxylic acid groups (broad SMARTS) is 1. The third-order valence-corrected chi connectivity index (χ3v) is 3.53. The molecule has 20 heavy (non-hydrogen) atoms. The smallest absolute Gasteiger partial charge is 0.341 e. The van der Waals surface area contributed by atoms with Crippen molar-refractivity contribution in [1.82, 2.24) is 4.98 Å². The molecule has 3 rings (SSSR count). The fraction of sp³-hybridized carbons (Fsp3) is 0.200. The summed E-state index contributed by atoms with van der Waals surface area (Å²) in [6, 6.07) is 9.44. The van der Waals surface area contributed by atoms with Gasteiger partial charge < -0.3 is 10.1 Å². The number of carbonyl (C=O) groups is 1. The lowest BCUT2D eigenvalue weighted by atomic mass is 10.0. The number of rotatable bonds is 1. The Bertz CT molecular complexity index is 721. The molecule has 1 heterocycles. The topological polar surface area (TPSA) is 70.2 Å². The standard InChI is InChI=1S/C15H13NO3.ClH/c17-14-12(15(18)19)8-10-6-3-5-9-4-1-2-7-11(9)13(10)16-14;/h1-2,4,7-8H,3,5-6H2,(H,16,17)(H,18,19);1H. The Morgan fingerprint density at radius 2 is 1.85 bits per heavy atom. The van der Waals surface area contributed by atoms with Crippen molar-refractivity contribution in [2.24, 2.45) is 0 Å². The van der Waals surface area contributed by atoms with Gasteiger partial charge in [-0.3, -0.25) is 4.79 Å². The predicted molar refractivity (Wildman–Crippen MR) is 78.7 cm³/mol. The molecule has 1 aromatic heterocycles. The number of aromatic amines is 1. The first kappa shape index (κ1) is 14.3. The van der Waals surface area contributed by atoms with Gasteiger partial charge in [-0.15, -0.1) is 12.4 Å². The fourth-order valence-corrected chi connectivity index (χ4v) is 2.62. The molecule has 2 N–H and O–H groups in total. The second-order valence-corrected chi connectivity index (χ2v) is 4.73. The molecule has 0 saturated heterocycles. The summed E-state index contributed by atoms with van der Waals surface area (Å²) in [5, 5.41) is 9.01. The van der Waals surface area contributed by atoms with E-state index in [-0.39, 0.29) is 18.0 Å². The zero-order chi connectivity index (χ0) is 13.4. The highest BCUT2D eigenvalue weighted by Gasteiger charge is 2.18. The van der Waals surface area contributed by atoms with Gasteiger partial charge in [0.25, 0.3) is 5.56 Å². The van der Waals surface area contributed by atoms with Crippen LogP contribution in [0.5, 0.6) is 0 Å². The lowest BCUT2D eigenvalue weighted by Crippen LogP contribution is -2.19. The number of halogens is 1. The summed E-state index contributed by atoms with van der Waals surface area (Å²) in [5.74, 6) is -1.18. The zero-order valence-corrected chi connectivity index (χ0v) is 11.5. The zero-order valence-electron chi connectivity index (χ0n) is 10.7. The Hall–Kier alpha value is -2.07. The van der Waals surface area contributed by atoms with Crippen LogP contribution in [0.15, 0.2) is 35.1 Å². The molecule has 0 aliphatic heterocycles. The number of pyridine rings is 1. The molecule has 0 spiro atoms. The van der Waals surface area contributed by atoms with Crippen LogP contribution in [0.3, 0.4) is 0 Å². The summed E-state index contributed by atoms with van der Waals surface area (Å²) >= 11 is 0. The molecule has 4 nitrogen and oxygen atoms in total. The number of carboxylic acids is 1. The number of hydrogen-bond donors (Lipinski definition) is 2. The molecule has 1 aromatic carbocycles. The van der Waals surface area contributed by atoms with Gasteiger partial charge >= 0.3 is 5.97 Å². The first-order valence-electron chi connectivity index (χ1n) is 6.24. The average Bonchev–Trinajstić information content (AvgIpc) is 2.57. The largest absolute Gasteiger partial charge is 0.477 e. The van der Waals surface area contributed by atoms with Crippen LogP contribution in [0.4, 0.5) is 0 Å². The molecule has 0 unspecified atom stereocenters. The second kappa shape index (κ2) is 5.51. The molecule has 0 radical (unpaired) electrons. The van der Waals surface area contributed by atoms with Gasteiger partial charge in [-0.05, 0) is 36.5 Å². The van der Waals surface area contributed by atoms with Gasteiger partial charge in [-0.25, -0.2) is 4.79 Å². The van der Waals surface area contributed by atoms with Gasteiger partial charge in [-0.1, -0.05) is 24.3 Å². The summed E-state index contributed by atoms with van der Waals surface area (Å²) in [6.45, 7) is 0. The van der Waals surface area contributed by atoms with E-state index in [1.807, 2.05) is 24.3 Å². The minimum absolute atomic E-state index is 0. The average molecular weight is 292 g/mol. The fourth-order valence-electron chi connectivity index (χ4n) is 2.62. The number of H-pyrrole nitrogens is 1. The van der Waals surface area contributed by atoms with Crippen molar-refractivity contribution in [3.8, 4) is 11.3 Å². The Morgan fingerprint density at radius 1 is 1.15 bits per heavy atom. The molecule has 5 heteroatoms. The van der Waals surface area contributed by atoms with Gasteiger partial charge in [0.1, 0.15) is 5.56 Å². The summed E-state index contributed by atoms with van der Waals surface area (Å²) in [7, 11) is 0. The number of aryl methyl sites for hydroxylation is 2. The molecule has 0 bridgehead atoms. The van der Waals surface area contributed by atoms with E-state index in [0.29, 0.717) is 0 Å². The van der Waals surface area contributed by atoms with E-state index in [1.165, 1.54) is 11.6 Å². The molecule has 0 fully saturated rings. The van der Waals surface area contributed by atoms with Gasteiger partial charge in [0.05, 0.1) is 5.69 Å². The predicted octanol–water partition coefficient (Wildman–Crippen LogP) is 2.65. The molecule has 1 aliphatic rings. The minimum Gasteiger partial charge on any atom is -0.477 e. The second-order valence-electron chi connectivity index (χ2n) is 4.73. The normalized spacial score (nSPS) is 12.6. The van der Waals surface area contributed by atoms with Gasteiger partial charge in [-0.2, -0.15) is 0 Å². The van der Waals surface area contributed by atoms with Gasteiger partial charge in [0.2, 0.25) is 0 Å². The Balaban J connectivity index is 0.00000147. The van der Waals surface area contributed by atoms with E-state index in [4.69, 9.17) is 5.11 Å². The highest BCUT2D eigenvalue weighted by Crippen LogP contribution is 2.30. The molecule has 104 valence electrons. The van der Waals surface area contributed by atoms with Crippen molar-refractivity contribution >= 4 is 18.4 Å². The van der Waals surface area contributed by atoms with Crippen LogP contribution in [-0.4, -0.2) is 16.1 Å². The first-order valence-corrected chi connectivity index (χ1v) is 6.24. The third kappa shape index (κ3) is 2.34. The lowest BCUT2D eigenvalue weighted by molar-refractivity contribution is 0.0695. The first-order chi connectivity index (χ1) is 9.16. The SMILES string of the molecule is Cl.O=C(O)c1cc2c([nH]c1=O)-c1ccccc1CCC2. The quantitative estimate of drug-likeness (QED) is 0.848. The van der Waals surface area contributed by atoms with E-state index >= 15 is 0 Å². The number of benzene rings is 1. The molecule has 2 aromatic rings. The maximum absolute atomic E-state index is 11.8. The van der Waals surface area contributed by atoms with Crippen molar-refractivity contribution in [3.63, 3.8) is 0 Å². The third-order valence-electron chi connectivity index (χ3n) is 3.53. The van der Waals surface area contributed by atoms with Gasteiger partial charge in [0, 0.05) is 5.56 Å². The van der Waals surface area contributed by atoms with Crippen molar-refractivity contribution < 1.29 is 9.90 Å². The Kier molecular flexibility index (Phi) is 3.95. The van der Waals surface area contributed by atoms with E-state index in [2.05, 4.69) is 4.98 Å². The van der Waals surface area contributed by atoms with Crippen LogP contribution in [0.2, 0.25) is 0 Å². The summed E-state index contributed by atoms with van der Waals surface area (Å²) in [4.78, 5) is 25.6. The Labute approximate surface area is 121 Å². The number of nitrogens with one attached hydrogen (secondary N) is 1. The number of aromatic carboxylic acids is 1. The molecule has 0 atom stereocenters. The van der Waals surface area contributed by atoms with E-state index in [0.717, 1.165) is 36.1 Å². The van der Waals surface area contributed by atoms with Crippen LogP contribution in [0, 0.1) is 0 Å². The highest BCUT2D eigenvalue weighted by atomic mass is 35.5. The number of hydrogen-bond acceptors (Lipinski definition) is 2. The van der Waals surface area contributed by atoms with Crippen LogP contribution >= 0.6 is 12.4 Å². The van der Waals surface area contributed by atoms with Crippen LogP contribution < -0.4 is 5.56 Å². The summed E-state index contributed by atoms with van der Waals surface area (Å²) < 4.78 is 0.